The number of halogens is 2. The van der Waals surface area contributed by atoms with Gasteiger partial charge in [0, 0.05) is 18.1 Å². The normalized spacial score (nSPS) is 15.6. The molecule has 0 saturated carbocycles. The van der Waals surface area contributed by atoms with Crippen molar-refractivity contribution in [2.45, 2.75) is 26.4 Å². The molecular weight excluding hydrogens is 349 g/mol. The van der Waals surface area contributed by atoms with Gasteiger partial charge < -0.3 is 14.8 Å². The van der Waals surface area contributed by atoms with E-state index in [-0.39, 0.29) is 17.0 Å². The van der Waals surface area contributed by atoms with E-state index in [4.69, 9.17) is 32.7 Å². The van der Waals surface area contributed by atoms with Crippen LogP contribution in [0, 0.1) is 0 Å². The monoisotopic (exact) mass is 365 g/mol. The molecule has 126 valence electrons. The molecule has 24 heavy (non-hydrogen) atoms. The second-order valence-electron chi connectivity index (χ2n) is 5.58. The van der Waals surface area contributed by atoms with E-state index in [2.05, 4.69) is 5.32 Å². The lowest BCUT2D eigenvalue weighted by Crippen LogP contribution is -2.14. The third-order valence-corrected chi connectivity index (χ3v) is 4.56. The van der Waals surface area contributed by atoms with Crippen LogP contribution < -0.4 is 14.8 Å². The molecule has 0 saturated heterocycles. The molecule has 1 aliphatic heterocycles. The molecular formula is C18H17Cl2NO3. The molecule has 1 atom stereocenters. The van der Waals surface area contributed by atoms with Gasteiger partial charge in [0.1, 0.15) is 17.6 Å². The van der Waals surface area contributed by atoms with Gasteiger partial charge in [-0.1, -0.05) is 29.3 Å². The average Bonchev–Trinajstić information content (AvgIpc) is 2.89. The predicted octanol–water partition coefficient (Wildman–Crippen LogP) is 4.97. The maximum Gasteiger partial charge on any atom is 0.257 e. The van der Waals surface area contributed by atoms with E-state index in [0.29, 0.717) is 28.6 Å². The molecule has 1 N–H and O–H groups in total. The number of ether oxygens (including phenoxy) is 2. The summed E-state index contributed by atoms with van der Waals surface area (Å²) < 4.78 is 11.4. The fraction of sp³-hybridized carbons (Fsp3) is 0.278. The number of amides is 1. The van der Waals surface area contributed by atoms with Crippen LogP contribution in [0.5, 0.6) is 11.5 Å². The van der Waals surface area contributed by atoms with E-state index in [9.17, 15) is 4.79 Å². The zero-order valence-corrected chi connectivity index (χ0v) is 14.9. The number of rotatable bonds is 4. The van der Waals surface area contributed by atoms with Crippen molar-refractivity contribution in [1.29, 1.82) is 0 Å². The molecule has 6 heteroatoms. The predicted molar refractivity (Wildman–Crippen MR) is 95.8 cm³/mol. The smallest absolute Gasteiger partial charge is 0.257 e. The Bertz CT molecular complexity index is 792. The SMILES string of the molecule is CCOc1cc2c(cc1NC(=O)c1cccc(Cl)c1Cl)O[C@@H](C)C2. The standard InChI is InChI=1S/C18H17Cl2NO3/c1-3-23-16-8-11-7-10(2)24-15(11)9-14(16)21-18(22)12-5-4-6-13(19)17(12)20/h4-6,8-10H,3,7H2,1-2H3,(H,21,22)/t10-/m0/s1. The Balaban J connectivity index is 1.93. The van der Waals surface area contributed by atoms with Crippen molar-refractivity contribution in [1.82, 2.24) is 0 Å². The van der Waals surface area contributed by atoms with Crippen LogP contribution in [0.15, 0.2) is 30.3 Å². The minimum atomic E-state index is -0.352. The summed E-state index contributed by atoms with van der Waals surface area (Å²) in [5.41, 5.74) is 1.93. The van der Waals surface area contributed by atoms with Crippen LogP contribution in [0.25, 0.3) is 0 Å². The molecule has 4 nitrogen and oxygen atoms in total. The number of fused-ring (bicyclic) bond motifs is 1. The third kappa shape index (κ3) is 3.30. The molecule has 0 bridgehead atoms. The highest BCUT2D eigenvalue weighted by Crippen LogP contribution is 2.38. The van der Waals surface area contributed by atoms with Gasteiger partial charge >= 0.3 is 0 Å². The lowest BCUT2D eigenvalue weighted by atomic mass is 10.1. The topological polar surface area (TPSA) is 47.6 Å². The Kier molecular flexibility index (Phi) is 4.88. The van der Waals surface area contributed by atoms with Gasteiger partial charge in [0.2, 0.25) is 0 Å². The number of carbonyl (C=O) groups is 1. The van der Waals surface area contributed by atoms with E-state index in [1.807, 2.05) is 19.9 Å². The van der Waals surface area contributed by atoms with Crippen molar-refractivity contribution in [2.24, 2.45) is 0 Å². The molecule has 0 fully saturated rings. The van der Waals surface area contributed by atoms with E-state index in [1.165, 1.54) is 0 Å². The van der Waals surface area contributed by atoms with Crippen LogP contribution in [-0.4, -0.2) is 18.6 Å². The fourth-order valence-corrected chi connectivity index (χ4v) is 3.07. The summed E-state index contributed by atoms with van der Waals surface area (Å²) in [6.45, 7) is 4.39. The van der Waals surface area contributed by atoms with Gasteiger partial charge in [-0.15, -0.1) is 0 Å². The Morgan fingerprint density at radius 1 is 1.38 bits per heavy atom. The second kappa shape index (κ2) is 6.91. The third-order valence-electron chi connectivity index (χ3n) is 3.74. The summed E-state index contributed by atoms with van der Waals surface area (Å²) in [5, 5.41) is 3.39. The summed E-state index contributed by atoms with van der Waals surface area (Å²) in [5.74, 6) is 1.02. The largest absolute Gasteiger partial charge is 0.492 e. The molecule has 0 aliphatic carbocycles. The second-order valence-corrected chi connectivity index (χ2v) is 6.36. The van der Waals surface area contributed by atoms with Crippen molar-refractivity contribution >= 4 is 34.8 Å². The number of anilines is 1. The Hall–Kier alpha value is -1.91. The zero-order valence-electron chi connectivity index (χ0n) is 13.4. The molecule has 0 spiro atoms. The molecule has 1 heterocycles. The van der Waals surface area contributed by atoms with Crippen LogP contribution >= 0.6 is 23.2 Å². The Labute approximate surface area is 150 Å². The first kappa shape index (κ1) is 16.9. The quantitative estimate of drug-likeness (QED) is 0.831. The first-order valence-electron chi connectivity index (χ1n) is 7.71. The molecule has 0 aromatic heterocycles. The van der Waals surface area contributed by atoms with Crippen LogP contribution in [0.2, 0.25) is 10.0 Å². The Morgan fingerprint density at radius 3 is 2.92 bits per heavy atom. The van der Waals surface area contributed by atoms with Crippen molar-refractivity contribution in [3.8, 4) is 11.5 Å². The summed E-state index contributed by atoms with van der Waals surface area (Å²) in [7, 11) is 0. The molecule has 3 rings (SSSR count). The Morgan fingerprint density at radius 2 is 2.17 bits per heavy atom. The molecule has 0 unspecified atom stereocenters. The van der Waals surface area contributed by atoms with E-state index >= 15 is 0 Å². The van der Waals surface area contributed by atoms with Gasteiger partial charge in [0.25, 0.3) is 5.91 Å². The number of hydrogen-bond acceptors (Lipinski definition) is 3. The zero-order chi connectivity index (χ0) is 17.3. The van der Waals surface area contributed by atoms with Crippen molar-refractivity contribution < 1.29 is 14.3 Å². The summed E-state index contributed by atoms with van der Waals surface area (Å²) in [6.07, 6.45) is 0.937. The van der Waals surface area contributed by atoms with Gasteiger partial charge in [-0.3, -0.25) is 4.79 Å². The van der Waals surface area contributed by atoms with E-state index in [0.717, 1.165) is 17.7 Å². The highest BCUT2D eigenvalue weighted by Gasteiger charge is 2.23. The van der Waals surface area contributed by atoms with Gasteiger partial charge in [-0.25, -0.2) is 0 Å². The van der Waals surface area contributed by atoms with Crippen LogP contribution in [0.1, 0.15) is 29.8 Å². The first-order valence-corrected chi connectivity index (χ1v) is 8.47. The van der Waals surface area contributed by atoms with Gasteiger partial charge in [-0.2, -0.15) is 0 Å². The first-order chi connectivity index (χ1) is 11.5. The fourth-order valence-electron chi connectivity index (χ4n) is 2.68. The average molecular weight is 366 g/mol. The molecule has 2 aromatic carbocycles. The lowest BCUT2D eigenvalue weighted by molar-refractivity contribution is 0.102. The molecule has 1 amide bonds. The molecule has 2 aromatic rings. The summed E-state index contributed by atoms with van der Waals surface area (Å²) >= 11 is 12.1. The van der Waals surface area contributed by atoms with Gasteiger partial charge in [0.15, 0.2) is 0 Å². The summed E-state index contributed by atoms with van der Waals surface area (Å²) in [6, 6.07) is 8.64. The molecule has 0 radical (unpaired) electrons. The highest BCUT2D eigenvalue weighted by molar-refractivity contribution is 6.44. The van der Waals surface area contributed by atoms with E-state index < -0.39 is 0 Å². The number of nitrogens with one attached hydrogen (secondary N) is 1. The number of benzene rings is 2. The molecule has 1 aliphatic rings. The van der Waals surface area contributed by atoms with Crippen LogP contribution in [0.4, 0.5) is 5.69 Å². The van der Waals surface area contributed by atoms with Crippen molar-refractivity contribution in [2.75, 3.05) is 11.9 Å². The lowest BCUT2D eigenvalue weighted by Gasteiger charge is -2.14. The highest BCUT2D eigenvalue weighted by atomic mass is 35.5. The number of hydrogen-bond donors (Lipinski definition) is 1. The van der Waals surface area contributed by atoms with Crippen LogP contribution in [-0.2, 0) is 6.42 Å². The summed E-state index contributed by atoms with van der Waals surface area (Å²) in [4.78, 5) is 12.6. The van der Waals surface area contributed by atoms with Gasteiger partial charge in [-0.05, 0) is 32.0 Å². The van der Waals surface area contributed by atoms with E-state index in [1.54, 1.807) is 24.3 Å². The minimum Gasteiger partial charge on any atom is -0.492 e. The van der Waals surface area contributed by atoms with Crippen LogP contribution in [0.3, 0.4) is 0 Å². The maximum absolute atomic E-state index is 12.6. The maximum atomic E-state index is 12.6. The van der Waals surface area contributed by atoms with Crippen molar-refractivity contribution in [3.63, 3.8) is 0 Å². The number of carbonyl (C=O) groups excluding carboxylic acids is 1. The van der Waals surface area contributed by atoms with Gasteiger partial charge in [0.05, 0.1) is 27.9 Å². The minimum absolute atomic E-state index is 0.114. The van der Waals surface area contributed by atoms with Crippen molar-refractivity contribution in [3.05, 3.63) is 51.5 Å².